The van der Waals surface area contributed by atoms with Crippen LogP contribution >= 0.6 is 0 Å². The lowest BCUT2D eigenvalue weighted by Crippen LogP contribution is -2.36. The fourth-order valence-corrected chi connectivity index (χ4v) is 3.29. The standard InChI is InChI=1S/C18H24N4O/c1-15-8-13-21(20-15)14-9-18(23)22-12-2-3-17(22)5-4-16-6-10-19-11-7-16/h6-8,10-11,13,17H,2-5,9,12,14H2,1H3/t17-/m0/s1. The number of carbonyl (C=O) groups is 1. The Morgan fingerprint density at radius 2 is 2.13 bits per heavy atom. The van der Waals surface area contributed by atoms with Gasteiger partial charge in [0, 0.05) is 44.1 Å². The van der Waals surface area contributed by atoms with E-state index in [1.54, 1.807) is 0 Å². The summed E-state index contributed by atoms with van der Waals surface area (Å²) in [5.74, 6) is 0.260. The third-order valence-corrected chi connectivity index (χ3v) is 4.54. The second-order valence-corrected chi connectivity index (χ2v) is 6.25. The Morgan fingerprint density at radius 3 is 2.87 bits per heavy atom. The van der Waals surface area contributed by atoms with Gasteiger partial charge in [-0.25, -0.2) is 0 Å². The molecule has 3 heterocycles. The summed E-state index contributed by atoms with van der Waals surface area (Å²) in [6, 6.07) is 6.47. The summed E-state index contributed by atoms with van der Waals surface area (Å²) in [7, 11) is 0. The first kappa shape index (κ1) is 15.7. The van der Waals surface area contributed by atoms with Gasteiger partial charge in [-0.05, 0) is 56.4 Å². The zero-order valence-electron chi connectivity index (χ0n) is 13.7. The lowest BCUT2D eigenvalue weighted by Gasteiger charge is -2.25. The maximum atomic E-state index is 12.5. The summed E-state index contributed by atoms with van der Waals surface area (Å²) in [5, 5.41) is 4.34. The van der Waals surface area contributed by atoms with E-state index in [-0.39, 0.29) is 5.91 Å². The average molecular weight is 312 g/mol. The Labute approximate surface area is 137 Å². The number of pyridine rings is 1. The molecule has 0 spiro atoms. The van der Waals surface area contributed by atoms with Gasteiger partial charge in [0.1, 0.15) is 0 Å². The number of rotatable bonds is 6. The highest BCUT2D eigenvalue weighted by Gasteiger charge is 2.27. The molecule has 2 aromatic heterocycles. The molecule has 0 aliphatic carbocycles. The molecule has 0 bridgehead atoms. The molecule has 0 N–H and O–H groups in total. The van der Waals surface area contributed by atoms with E-state index in [1.165, 1.54) is 5.56 Å². The van der Waals surface area contributed by atoms with Crippen molar-refractivity contribution in [1.29, 1.82) is 0 Å². The van der Waals surface area contributed by atoms with E-state index in [0.717, 1.165) is 37.9 Å². The van der Waals surface area contributed by atoms with E-state index in [9.17, 15) is 4.79 Å². The van der Waals surface area contributed by atoms with Gasteiger partial charge >= 0.3 is 0 Å². The molecule has 5 nitrogen and oxygen atoms in total. The summed E-state index contributed by atoms with van der Waals surface area (Å²) in [6.45, 7) is 3.53. The van der Waals surface area contributed by atoms with Crippen LogP contribution in [0.5, 0.6) is 0 Å². The molecule has 2 aromatic rings. The highest BCUT2D eigenvalue weighted by atomic mass is 16.2. The van der Waals surface area contributed by atoms with Crippen molar-refractivity contribution in [2.24, 2.45) is 0 Å². The monoisotopic (exact) mass is 312 g/mol. The van der Waals surface area contributed by atoms with Crippen molar-refractivity contribution >= 4 is 5.91 Å². The first-order valence-corrected chi connectivity index (χ1v) is 8.41. The molecule has 1 amide bonds. The van der Waals surface area contributed by atoms with Crippen molar-refractivity contribution in [3.05, 3.63) is 48.0 Å². The van der Waals surface area contributed by atoms with Crippen LogP contribution in [0.2, 0.25) is 0 Å². The normalized spacial score (nSPS) is 17.6. The Hall–Kier alpha value is -2.17. The largest absolute Gasteiger partial charge is 0.340 e. The van der Waals surface area contributed by atoms with Gasteiger partial charge in [-0.2, -0.15) is 5.10 Å². The summed E-state index contributed by atoms with van der Waals surface area (Å²) in [6.07, 6.45) is 10.4. The predicted octanol–water partition coefficient (Wildman–Crippen LogP) is 2.60. The van der Waals surface area contributed by atoms with Crippen LogP contribution in [0.15, 0.2) is 36.8 Å². The van der Waals surface area contributed by atoms with Crippen molar-refractivity contribution in [1.82, 2.24) is 19.7 Å². The average Bonchev–Trinajstić information content (AvgIpc) is 3.20. The minimum atomic E-state index is 0.260. The third-order valence-electron chi connectivity index (χ3n) is 4.54. The molecule has 0 unspecified atom stereocenters. The number of carbonyl (C=O) groups excluding carboxylic acids is 1. The van der Waals surface area contributed by atoms with E-state index in [4.69, 9.17) is 0 Å². The number of amides is 1. The van der Waals surface area contributed by atoms with Gasteiger partial charge < -0.3 is 4.90 Å². The smallest absolute Gasteiger partial charge is 0.224 e. The van der Waals surface area contributed by atoms with Gasteiger partial charge in [0.2, 0.25) is 5.91 Å². The van der Waals surface area contributed by atoms with Crippen molar-refractivity contribution in [3.8, 4) is 0 Å². The maximum absolute atomic E-state index is 12.5. The zero-order valence-corrected chi connectivity index (χ0v) is 13.7. The van der Waals surface area contributed by atoms with E-state index in [1.807, 2.05) is 36.3 Å². The Bertz CT molecular complexity index is 637. The van der Waals surface area contributed by atoms with Crippen molar-refractivity contribution in [3.63, 3.8) is 0 Å². The second-order valence-electron chi connectivity index (χ2n) is 6.25. The summed E-state index contributed by atoms with van der Waals surface area (Å²) >= 11 is 0. The van der Waals surface area contributed by atoms with Gasteiger partial charge in [-0.1, -0.05) is 0 Å². The molecular weight excluding hydrogens is 288 g/mol. The molecule has 0 aromatic carbocycles. The second kappa shape index (κ2) is 7.40. The molecule has 1 atom stereocenters. The highest BCUT2D eigenvalue weighted by molar-refractivity contribution is 5.76. The molecule has 1 saturated heterocycles. The molecule has 0 saturated carbocycles. The Morgan fingerprint density at radius 1 is 1.30 bits per heavy atom. The predicted molar refractivity (Wildman–Crippen MR) is 88.9 cm³/mol. The molecule has 1 aliphatic heterocycles. The highest BCUT2D eigenvalue weighted by Crippen LogP contribution is 2.22. The van der Waals surface area contributed by atoms with Crippen LogP contribution in [-0.4, -0.2) is 38.2 Å². The minimum Gasteiger partial charge on any atom is -0.340 e. The number of nitrogens with zero attached hydrogens (tertiary/aromatic N) is 4. The number of aryl methyl sites for hydroxylation is 3. The van der Waals surface area contributed by atoms with E-state index in [0.29, 0.717) is 19.0 Å². The summed E-state index contributed by atoms with van der Waals surface area (Å²) < 4.78 is 1.86. The van der Waals surface area contributed by atoms with Crippen LogP contribution in [-0.2, 0) is 17.8 Å². The van der Waals surface area contributed by atoms with Gasteiger partial charge in [-0.3, -0.25) is 14.5 Å². The van der Waals surface area contributed by atoms with Gasteiger partial charge in [0.05, 0.1) is 5.69 Å². The van der Waals surface area contributed by atoms with Crippen LogP contribution in [0.3, 0.4) is 0 Å². The van der Waals surface area contributed by atoms with Crippen LogP contribution in [0, 0.1) is 6.92 Å². The molecule has 23 heavy (non-hydrogen) atoms. The van der Waals surface area contributed by atoms with Crippen molar-refractivity contribution < 1.29 is 4.79 Å². The van der Waals surface area contributed by atoms with Gasteiger partial charge in [-0.15, -0.1) is 0 Å². The fourth-order valence-electron chi connectivity index (χ4n) is 3.29. The molecule has 1 fully saturated rings. The number of hydrogen-bond acceptors (Lipinski definition) is 3. The van der Waals surface area contributed by atoms with Crippen molar-refractivity contribution in [2.75, 3.05) is 6.54 Å². The van der Waals surface area contributed by atoms with E-state index in [2.05, 4.69) is 27.1 Å². The van der Waals surface area contributed by atoms with Crippen molar-refractivity contribution in [2.45, 2.75) is 51.6 Å². The summed E-state index contributed by atoms with van der Waals surface area (Å²) in [4.78, 5) is 18.7. The van der Waals surface area contributed by atoms with E-state index < -0.39 is 0 Å². The molecule has 1 aliphatic rings. The molecule has 5 heteroatoms. The first-order chi connectivity index (χ1) is 11.2. The number of hydrogen-bond donors (Lipinski definition) is 0. The van der Waals surface area contributed by atoms with Crippen LogP contribution in [0.4, 0.5) is 0 Å². The van der Waals surface area contributed by atoms with Crippen LogP contribution in [0.1, 0.15) is 36.9 Å². The van der Waals surface area contributed by atoms with Gasteiger partial charge in [0.25, 0.3) is 0 Å². The molecular formula is C18H24N4O. The van der Waals surface area contributed by atoms with Crippen LogP contribution in [0.25, 0.3) is 0 Å². The molecule has 122 valence electrons. The lowest BCUT2D eigenvalue weighted by molar-refractivity contribution is -0.132. The van der Waals surface area contributed by atoms with E-state index >= 15 is 0 Å². The number of aromatic nitrogens is 3. The Kier molecular flexibility index (Phi) is 5.05. The molecule has 3 rings (SSSR count). The third kappa shape index (κ3) is 4.18. The zero-order chi connectivity index (χ0) is 16.1. The first-order valence-electron chi connectivity index (χ1n) is 8.41. The summed E-state index contributed by atoms with van der Waals surface area (Å²) in [5.41, 5.74) is 2.29. The van der Waals surface area contributed by atoms with Gasteiger partial charge in [0.15, 0.2) is 0 Å². The lowest BCUT2D eigenvalue weighted by atomic mass is 10.0. The quantitative estimate of drug-likeness (QED) is 0.824. The van der Waals surface area contributed by atoms with Crippen LogP contribution < -0.4 is 0 Å². The topological polar surface area (TPSA) is 51.0 Å². The SMILES string of the molecule is Cc1ccn(CCC(=O)N2CCC[C@H]2CCc2ccncc2)n1. The maximum Gasteiger partial charge on any atom is 0.224 e. The Balaban J connectivity index is 1.50. The fraction of sp³-hybridized carbons (Fsp3) is 0.500. The molecule has 0 radical (unpaired) electrons. The minimum absolute atomic E-state index is 0.260. The number of likely N-dealkylation sites (tertiary alicyclic amines) is 1.